The molecule has 1 saturated heterocycles. The van der Waals surface area contributed by atoms with E-state index in [9.17, 15) is 9.59 Å². The summed E-state index contributed by atoms with van der Waals surface area (Å²) in [6.07, 6.45) is 0. The molecule has 0 saturated carbocycles. The van der Waals surface area contributed by atoms with Crippen LogP contribution in [0.2, 0.25) is 0 Å². The molecule has 7 heteroatoms. The number of anilines is 1. The maximum absolute atomic E-state index is 12.3. The van der Waals surface area contributed by atoms with E-state index in [4.69, 9.17) is 0 Å². The maximum Gasteiger partial charge on any atom is 0.323 e. The number of hydrazine groups is 1. The van der Waals surface area contributed by atoms with Gasteiger partial charge in [0, 0.05) is 36.0 Å². The van der Waals surface area contributed by atoms with E-state index in [0.29, 0.717) is 18.8 Å². The third kappa shape index (κ3) is 5.08. The lowest BCUT2D eigenvalue weighted by molar-refractivity contribution is -0.139. The van der Waals surface area contributed by atoms with E-state index in [2.05, 4.69) is 15.6 Å². The fourth-order valence-electron chi connectivity index (χ4n) is 2.57. The standard InChI is InChI=1S/C19H22N4O2S/c1-22-11-13-23(14-12-22)21-19(25)18(24)20-16-9-5-6-10-17(16)26-15-7-3-2-4-8-15/h2-10H,11-14H2,1H3,(H,20,24)(H,21,25). The number of benzene rings is 2. The smallest absolute Gasteiger partial charge is 0.317 e. The Hall–Kier alpha value is -2.35. The van der Waals surface area contributed by atoms with Gasteiger partial charge in [-0.3, -0.25) is 15.0 Å². The van der Waals surface area contributed by atoms with Crippen LogP contribution in [0.1, 0.15) is 0 Å². The number of carbonyl (C=O) groups excluding carboxylic acids is 2. The predicted octanol–water partition coefficient (Wildman–Crippen LogP) is 2.05. The van der Waals surface area contributed by atoms with Gasteiger partial charge in [-0.15, -0.1) is 0 Å². The molecular weight excluding hydrogens is 348 g/mol. The van der Waals surface area contributed by atoms with E-state index < -0.39 is 11.8 Å². The molecule has 26 heavy (non-hydrogen) atoms. The first kappa shape index (κ1) is 18.4. The monoisotopic (exact) mass is 370 g/mol. The summed E-state index contributed by atoms with van der Waals surface area (Å²) in [6.45, 7) is 3.13. The summed E-state index contributed by atoms with van der Waals surface area (Å²) in [5.74, 6) is -1.31. The van der Waals surface area contributed by atoms with Gasteiger partial charge in [-0.2, -0.15) is 0 Å². The molecule has 0 unspecified atom stereocenters. The highest BCUT2D eigenvalue weighted by Crippen LogP contribution is 2.33. The van der Waals surface area contributed by atoms with Gasteiger partial charge in [-0.1, -0.05) is 42.1 Å². The Balaban J connectivity index is 1.61. The van der Waals surface area contributed by atoms with Crippen LogP contribution in [0.25, 0.3) is 0 Å². The van der Waals surface area contributed by atoms with Crippen molar-refractivity contribution in [3.8, 4) is 0 Å². The number of nitrogens with zero attached hydrogens (tertiary/aromatic N) is 2. The van der Waals surface area contributed by atoms with E-state index in [0.717, 1.165) is 22.9 Å². The minimum Gasteiger partial charge on any atom is -0.317 e. The zero-order valence-electron chi connectivity index (χ0n) is 14.6. The van der Waals surface area contributed by atoms with Gasteiger partial charge < -0.3 is 10.2 Å². The minimum absolute atomic E-state index is 0.625. The molecule has 0 bridgehead atoms. The lowest BCUT2D eigenvalue weighted by atomic mass is 10.3. The third-order valence-electron chi connectivity index (χ3n) is 4.08. The fourth-order valence-corrected chi connectivity index (χ4v) is 3.49. The van der Waals surface area contributed by atoms with E-state index >= 15 is 0 Å². The number of likely N-dealkylation sites (N-methyl/N-ethyl adjacent to an activating group) is 1. The van der Waals surface area contributed by atoms with Crippen molar-refractivity contribution < 1.29 is 9.59 Å². The summed E-state index contributed by atoms with van der Waals surface area (Å²) in [7, 11) is 2.03. The average Bonchev–Trinajstić information content (AvgIpc) is 2.66. The topological polar surface area (TPSA) is 64.7 Å². The first-order valence-corrected chi connectivity index (χ1v) is 9.31. The molecule has 1 fully saturated rings. The first-order valence-electron chi connectivity index (χ1n) is 8.49. The molecule has 2 aromatic carbocycles. The van der Waals surface area contributed by atoms with Crippen LogP contribution in [0.4, 0.5) is 5.69 Å². The summed E-state index contributed by atoms with van der Waals surface area (Å²) in [5.41, 5.74) is 3.30. The van der Waals surface area contributed by atoms with Crippen LogP contribution >= 0.6 is 11.8 Å². The van der Waals surface area contributed by atoms with Gasteiger partial charge in [0.05, 0.1) is 5.69 Å². The Kier molecular flexibility index (Phi) is 6.27. The molecule has 0 aliphatic carbocycles. The third-order valence-corrected chi connectivity index (χ3v) is 5.16. The Labute approximate surface area is 157 Å². The van der Waals surface area contributed by atoms with E-state index in [1.807, 2.05) is 55.6 Å². The summed E-state index contributed by atoms with van der Waals surface area (Å²) >= 11 is 1.54. The van der Waals surface area contributed by atoms with Crippen LogP contribution in [0, 0.1) is 0 Å². The summed E-state index contributed by atoms with van der Waals surface area (Å²) < 4.78 is 0. The molecule has 136 valence electrons. The van der Waals surface area contributed by atoms with Crippen LogP contribution in [-0.2, 0) is 9.59 Å². The van der Waals surface area contributed by atoms with Crippen molar-refractivity contribution in [2.75, 3.05) is 38.5 Å². The number of hydrogen-bond acceptors (Lipinski definition) is 5. The molecular formula is C19H22N4O2S. The highest BCUT2D eigenvalue weighted by Gasteiger charge is 2.21. The van der Waals surface area contributed by atoms with Gasteiger partial charge in [0.15, 0.2) is 0 Å². The highest BCUT2D eigenvalue weighted by molar-refractivity contribution is 7.99. The molecule has 0 spiro atoms. The molecule has 3 rings (SSSR count). The van der Waals surface area contributed by atoms with Gasteiger partial charge in [0.2, 0.25) is 0 Å². The molecule has 2 N–H and O–H groups in total. The highest BCUT2D eigenvalue weighted by atomic mass is 32.2. The number of para-hydroxylation sites is 1. The maximum atomic E-state index is 12.3. The normalized spacial score (nSPS) is 15.4. The molecule has 6 nitrogen and oxygen atoms in total. The van der Waals surface area contributed by atoms with Crippen LogP contribution < -0.4 is 10.7 Å². The minimum atomic E-state index is -0.662. The van der Waals surface area contributed by atoms with Crippen LogP contribution in [-0.4, -0.2) is 54.9 Å². The molecule has 0 atom stereocenters. The van der Waals surface area contributed by atoms with Crippen LogP contribution in [0.15, 0.2) is 64.4 Å². The van der Waals surface area contributed by atoms with Gasteiger partial charge in [-0.05, 0) is 31.3 Å². The van der Waals surface area contributed by atoms with Crippen molar-refractivity contribution in [2.24, 2.45) is 0 Å². The Bertz CT molecular complexity index is 761. The number of carbonyl (C=O) groups is 2. The van der Waals surface area contributed by atoms with E-state index in [1.54, 1.807) is 22.8 Å². The second-order valence-electron chi connectivity index (χ2n) is 6.10. The van der Waals surface area contributed by atoms with Crippen molar-refractivity contribution in [1.29, 1.82) is 0 Å². The zero-order chi connectivity index (χ0) is 18.4. The summed E-state index contributed by atoms with van der Waals surface area (Å²) in [5, 5.41) is 4.50. The molecule has 2 amide bonds. The lowest BCUT2D eigenvalue weighted by Crippen LogP contribution is -2.54. The van der Waals surface area contributed by atoms with Gasteiger partial charge in [-0.25, -0.2) is 5.01 Å². The SMILES string of the molecule is CN1CCN(NC(=O)C(=O)Nc2ccccc2Sc2ccccc2)CC1. The fraction of sp³-hybridized carbons (Fsp3) is 0.263. The number of nitrogens with one attached hydrogen (secondary N) is 2. The van der Waals surface area contributed by atoms with Crippen LogP contribution in [0.5, 0.6) is 0 Å². The Morgan fingerprint density at radius 1 is 0.885 bits per heavy atom. The van der Waals surface area contributed by atoms with E-state index in [-0.39, 0.29) is 0 Å². The molecule has 1 aliphatic rings. The van der Waals surface area contributed by atoms with Gasteiger partial charge >= 0.3 is 11.8 Å². The summed E-state index contributed by atoms with van der Waals surface area (Å²) in [6, 6.07) is 17.4. The second-order valence-corrected chi connectivity index (χ2v) is 7.21. The number of hydrogen-bond donors (Lipinski definition) is 2. The zero-order valence-corrected chi connectivity index (χ0v) is 15.5. The predicted molar refractivity (Wildman–Crippen MR) is 103 cm³/mol. The van der Waals surface area contributed by atoms with Crippen molar-refractivity contribution in [3.05, 3.63) is 54.6 Å². The molecule has 0 aromatic heterocycles. The summed E-state index contributed by atoms with van der Waals surface area (Å²) in [4.78, 5) is 28.6. The van der Waals surface area contributed by atoms with Crippen molar-refractivity contribution >= 4 is 29.3 Å². The van der Waals surface area contributed by atoms with Crippen molar-refractivity contribution in [2.45, 2.75) is 9.79 Å². The number of piperazine rings is 1. The van der Waals surface area contributed by atoms with Crippen LogP contribution in [0.3, 0.4) is 0 Å². The van der Waals surface area contributed by atoms with E-state index in [1.165, 1.54) is 0 Å². The Morgan fingerprint density at radius 3 is 2.27 bits per heavy atom. The number of amides is 2. The largest absolute Gasteiger partial charge is 0.323 e. The van der Waals surface area contributed by atoms with Gasteiger partial charge in [0.25, 0.3) is 0 Å². The van der Waals surface area contributed by atoms with Crippen molar-refractivity contribution in [1.82, 2.24) is 15.3 Å². The number of rotatable bonds is 4. The van der Waals surface area contributed by atoms with Gasteiger partial charge in [0.1, 0.15) is 0 Å². The Morgan fingerprint density at radius 2 is 1.54 bits per heavy atom. The lowest BCUT2D eigenvalue weighted by Gasteiger charge is -2.32. The molecule has 0 radical (unpaired) electrons. The van der Waals surface area contributed by atoms with Crippen molar-refractivity contribution in [3.63, 3.8) is 0 Å². The molecule has 2 aromatic rings. The molecule has 1 aliphatic heterocycles. The second kappa shape index (κ2) is 8.84. The quantitative estimate of drug-likeness (QED) is 0.807. The molecule has 1 heterocycles. The average molecular weight is 370 g/mol. The first-order chi connectivity index (χ1) is 12.6.